The minimum Gasteiger partial charge on any atom is -0.258 e. The molecule has 0 saturated heterocycles. The largest absolute Gasteiger partial charge is 0.418 e. The normalized spacial score (nSPS) is 11.8. The second-order valence-electron chi connectivity index (χ2n) is 5.14. The fourth-order valence-corrected chi connectivity index (χ4v) is 4.97. The van der Waals surface area contributed by atoms with Crippen LogP contribution in [0.5, 0.6) is 0 Å². The van der Waals surface area contributed by atoms with Gasteiger partial charge in [0.25, 0.3) is 5.69 Å². The van der Waals surface area contributed by atoms with E-state index in [1.54, 1.807) is 12.1 Å². The van der Waals surface area contributed by atoms with Gasteiger partial charge in [-0.15, -0.1) is 11.3 Å². The maximum atomic E-state index is 13.1. The van der Waals surface area contributed by atoms with Crippen molar-refractivity contribution in [2.75, 3.05) is 0 Å². The van der Waals surface area contributed by atoms with Gasteiger partial charge in [0.1, 0.15) is 5.02 Å². The van der Waals surface area contributed by atoms with Crippen molar-refractivity contribution in [2.45, 2.75) is 15.4 Å². The van der Waals surface area contributed by atoms with Crippen LogP contribution < -0.4 is 0 Å². The van der Waals surface area contributed by atoms with Crippen molar-refractivity contribution in [3.8, 4) is 0 Å². The molecule has 0 atom stereocenters. The Hall–Kier alpha value is -2.15. The zero-order chi connectivity index (χ0) is 20.8. The lowest BCUT2D eigenvalue weighted by Crippen LogP contribution is -2.09. The summed E-state index contributed by atoms with van der Waals surface area (Å²) in [5.74, 6) is 0. The van der Waals surface area contributed by atoms with Gasteiger partial charge in [0.15, 0.2) is 9.24 Å². The molecule has 0 N–H and O–H groups in total. The third-order valence-corrected chi connectivity index (χ3v) is 6.20. The van der Waals surface area contributed by atoms with Crippen molar-refractivity contribution in [1.82, 2.24) is 4.98 Å². The van der Waals surface area contributed by atoms with Crippen molar-refractivity contribution in [2.24, 2.45) is 0 Å². The highest BCUT2D eigenvalue weighted by atomic mass is 35.5. The zero-order valence-electron chi connectivity index (χ0n) is 13.0. The van der Waals surface area contributed by atoms with Gasteiger partial charge in [-0.25, -0.2) is 4.98 Å². The lowest BCUT2D eigenvalue weighted by Gasteiger charge is -2.11. The van der Waals surface area contributed by atoms with Crippen LogP contribution in [0.2, 0.25) is 10.0 Å². The van der Waals surface area contributed by atoms with Crippen LogP contribution in [0, 0.1) is 20.2 Å². The summed E-state index contributed by atoms with van der Waals surface area (Å²) >= 11 is 13.0. The molecule has 2 aromatic carbocycles. The number of aromatic nitrogens is 1. The highest BCUT2D eigenvalue weighted by molar-refractivity contribution is 8.01. The molecule has 1 aromatic heterocycles. The predicted molar refractivity (Wildman–Crippen MR) is 98.5 cm³/mol. The van der Waals surface area contributed by atoms with E-state index < -0.39 is 42.9 Å². The predicted octanol–water partition coefficient (Wildman–Crippen LogP) is 6.59. The molecule has 28 heavy (non-hydrogen) atoms. The Morgan fingerprint density at radius 3 is 2.36 bits per heavy atom. The molecule has 0 spiro atoms. The topological polar surface area (TPSA) is 99.2 Å². The highest BCUT2D eigenvalue weighted by Crippen LogP contribution is 2.50. The molecule has 0 aliphatic rings. The van der Waals surface area contributed by atoms with Gasteiger partial charge in [-0.1, -0.05) is 23.2 Å². The number of halogens is 5. The summed E-state index contributed by atoms with van der Waals surface area (Å²) in [5.41, 5.74) is -3.52. The SMILES string of the molecule is O=[N+]([O-])c1cc(C(F)(F)F)c(Cl)c([N+](=O)[O-])c1Sc1nc2cc(Cl)ccc2s1. The number of rotatable bonds is 4. The first-order chi connectivity index (χ1) is 13.0. The van der Waals surface area contributed by atoms with E-state index >= 15 is 0 Å². The molecule has 0 amide bonds. The first-order valence-electron chi connectivity index (χ1n) is 6.95. The minimum absolute atomic E-state index is 0.138. The molecule has 0 aliphatic carbocycles. The third-order valence-electron chi connectivity index (χ3n) is 3.38. The second kappa shape index (κ2) is 7.35. The molecule has 0 radical (unpaired) electrons. The van der Waals surface area contributed by atoms with E-state index in [0.29, 0.717) is 27.0 Å². The lowest BCUT2D eigenvalue weighted by molar-refractivity contribution is -0.400. The monoisotopic (exact) mass is 469 g/mol. The number of thiazole rings is 1. The molecular weight excluding hydrogens is 466 g/mol. The van der Waals surface area contributed by atoms with Crippen molar-refractivity contribution in [3.63, 3.8) is 0 Å². The average molecular weight is 470 g/mol. The molecule has 0 bridgehead atoms. The molecule has 3 aromatic rings. The van der Waals surface area contributed by atoms with E-state index in [2.05, 4.69) is 4.98 Å². The van der Waals surface area contributed by atoms with Crippen molar-refractivity contribution < 1.29 is 23.0 Å². The number of hydrogen-bond acceptors (Lipinski definition) is 7. The van der Waals surface area contributed by atoms with E-state index in [1.807, 2.05) is 0 Å². The summed E-state index contributed by atoms with van der Waals surface area (Å²) in [6.45, 7) is 0. The molecule has 0 aliphatic heterocycles. The number of alkyl halides is 3. The third kappa shape index (κ3) is 3.85. The fraction of sp³-hybridized carbons (Fsp3) is 0.0714. The van der Waals surface area contributed by atoms with Crippen molar-refractivity contribution in [3.05, 3.63) is 60.1 Å². The molecule has 0 unspecified atom stereocenters. The minimum atomic E-state index is -5.11. The highest BCUT2D eigenvalue weighted by Gasteiger charge is 2.42. The van der Waals surface area contributed by atoms with Gasteiger partial charge in [0, 0.05) is 11.1 Å². The summed E-state index contributed by atoms with van der Waals surface area (Å²) in [6.07, 6.45) is -5.11. The number of nitro benzene ring substituents is 2. The van der Waals surface area contributed by atoms with Crippen LogP contribution in [0.15, 0.2) is 33.5 Å². The standard InChI is InChI=1S/C14H4Cl2F3N3O4S2/c15-5-1-2-9-7(3-5)20-13(27-9)28-12-8(21(23)24)4-6(14(17,18)19)10(16)11(12)22(25)26/h1-4H. The molecule has 0 fully saturated rings. The smallest absolute Gasteiger partial charge is 0.258 e. The number of benzene rings is 2. The Kier molecular flexibility index (Phi) is 5.40. The second-order valence-corrected chi connectivity index (χ2v) is 8.24. The molecule has 3 rings (SSSR count). The van der Waals surface area contributed by atoms with Gasteiger partial charge in [-0.3, -0.25) is 20.2 Å². The summed E-state index contributed by atoms with van der Waals surface area (Å²) < 4.78 is 40.1. The van der Waals surface area contributed by atoms with Crippen LogP contribution in [0.25, 0.3) is 10.2 Å². The summed E-state index contributed by atoms with van der Waals surface area (Å²) in [6, 6.07) is 4.90. The number of nitro groups is 2. The Balaban J connectivity index is 2.24. The Labute approximate surface area is 171 Å². The molecular formula is C14H4Cl2F3N3O4S2. The van der Waals surface area contributed by atoms with Crippen molar-refractivity contribution in [1.29, 1.82) is 0 Å². The van der Waals surface area contributed by atoms with Gasteiger partial charge < -0.3 is 0 Å². The zero-order valence-corrected chi connectivity index (χ0v) is 16.1. The molecule has 146 valence electrons. The van der Waals surface area contributed by atoms with E-state index in [0.717, 1.165) is 11.3 Å². The van der Waals surface area contributed by atoms with E-state index in [9.17, 15) is 33.4 Å². The van der Waals surface area contributed by atoms with Gasteiger partial charge in [-0.05, 0) is 30.0 Å². The fourth-order valence-electron chi connectivity index (χ4n) is 2.23. The maximum Gasteiger partial charge on any atom is 0.418 e. The summed E-state index contributed by atoms with van der Waals surface area (Å²) in [7, 11) is 0. The average Bonchev–Trinajstić information content (AvgIpc) is 2.94. The van der Waals surface area contributed by atoms with Gasteiger partial charge in [0.2, 0.25) is 0 Å². The van der Waals surface area contributed by atoms with Crippen molar-refractivity contribution >= 4 is 67.9 Å². The van der Waals surface area contributed by atoms with Crippen LogP contribution >= 0.6 is 46.3 Å². The summed E-state index contributed by atoms with van der Waals surface area (Å²) in [5, 5.41) is 21.9. The molecule has 7 nitrogen and oxygen atoms in total. The first-order valence-corrected chi connectivity index (χ1v) is 9.34. The maximum absolute atomic E-state index is 13.1. The van der Waals surface area contributed by atoms with E-state index in [-0.39, 0.29) is 10.4 Å². The van der Waals surface area contributed by atoms with Gasteiger partial charge >= 0.3 is 11.9 Å². The molecule has 1 heterocycles. The quantitative estimate of drug-likeness (QED) is 0.315. The number of nitrogens with zero attached hydrogens (tertiary/aromatic N) is 3. The molecule has 0 saturated carbocycles. The lowest BCUT2D eigenvalue weighted by atomic mass is 10.1. The van der Waals surface area contributed by atoms with Crippen LogP contribution in [-0.4, -0.2) is 14.8 Å². The van der Waals surface area contributed by atoms with Crippen LogP contribution in [-0.2, 0) is 6.18 Å². The summed E-state index contributed by atoms with van der Waals surface area (Å²) in [4.78, 5) is 23.9. The number of hydrogen-bond donors (Lipinski definition) is 0. The Morgan fingerprint density at radius 1 is 1.11 bits per heavy atom. The number of fused-ring (bicyclic) bond motifs is 1. The van der Waals surface area contributed by atoms with E-state index in [4.69, 9.17) is 23.2 Å². The van der Waals surface area contributed by atoms with Crippen LogP contribution in [0.3, 0.4) is 0 Å². The first kappa shape index (κ1) is 20.6. The van der Waals surface area contributed by atoms with Gasteiger partial charge in [-0.2, -0.15) is 13.2 Å². The van der Waals surface area contributed by atoms with Crippen LogP contribution in [0.1, 0.15) is 5.56 Å². The molecule has 14 heteroatoms. The Bertz CT molecular complexity index is 1140. The van der Waals surface area contributed by atoms with Gasteiger partial charge in [0.05, 0.1) is 25.6 Å². The Morgan fingerprint density at radius 2 is 1.79 bits per heavy atom. The van der Waals surface area contributed by atoms with E-state index in [1.165, 1.54) is 6.07 Å². The van der Waals surface area contributed by atoms with Crippen LogP contribution in [0.4, 0.5) is 24.5 Å².